The van der Waals surface area contributed by atoms with Gasteiger partial charge in [0.15, 0.2) is 0 Å². The molecule has 0 heterocycles. The predicted octanol–water partition coefficient (Wildman–Crippen LogP) is 1.41. The summed E-state index contributed by atoms with van der Waals surface area (Å²) in [6, 6.07) is 8.76. The number of aliphatic hydroxyl groups is 1. The highest BCUT2D eigenvalue weighted by Crippen LogP contribution is 2.22. The standard InChI is InChI=1S/C8H10O3P/c1-7(9)11-12(10)8-5-3-2-4-6-8/h2-7,9H,1H3/q+1. The average Bonchev–Trinajstić information content (AvgIpc) is 2.05. The lowest BCUT2D eigenvalue weighted by atomic mass is 10.4. The highest BCUT2D eigenvalue weighted by atomic mass is 31.1. The van der Waals surface area contributed by atoms with Crippen molar-refractivity contribution in [1.82, 2.24) is 0 Å². The van der Waals surface area contributed by atoms with Crippen molar-refractivity contribution in [3.05, 3.63) is 30.3 Å². The van der Waals surface area contributed by atoms with E-state index in [-0.39, 0.29) is 0 Å². The fourth-order valence-corrected chi connectivity index (χ4v) is 1.56. The highest BCUT2D eigenvalue weighted by molar-refractivity contribution is 7.48. The first-order chi connectivity index (χ1) is 5.70. The molecule has 2 unspecified atom stereocenters. The summed E-state index contributed by atoms with van der Waals surface area (Å²) in [6.45, 7) is 1.43. The Morgan fingerprint density at radius 1 is 1.42 bits per heavy atom. The lowest BCUT2D eigenvalue weighted by Crippen LogP contribution is -2.05. The van der Waals surface area contributed by atoms with Crippen LogP contribution in [0.2, 0.25) is 0 Å². The third kappa shape index (κ3) is 2.70. The second-order valence-corrected chi connectivity index (χ2v) is 3.54. The fourth-order valence-electron chi connectivity index (χ4n) is 0.749. The van der Waals surface area contributed by atoms with Crippen molar-refractivity contribution >= 4 is 13.3 Å². The summed E-state index contributed by atoms with van der Waals surface area (Å²) in [4.78, 5) is 0. The van der Waals surface area contributed by atoms with E-state index in [0.717, 1.165) is 0 Å². The molecule has 0 spiro atoms. The van der Waals surface area contributed by atoms with Crippen LogP contribution in [0, 0.1) is 0 Å². The van der Waals surface area contributed by atoms with Crippen LogP contribution in [-0.2, 0) is 9.09 Å². The largest absolute Gasteiger partial charge is 0.551 e. The van der Waals surface area contributed by atoms with Gasteiger partial charge in [0.2, 0.25) is 11.6 Å². The molecule has 1 N–H and O–H groups in total. The van der Waals surface area contributed by atoms with Crippen molar-refractivity contribution in [2.24, 2.45) is 0 Å². The summed E-state index contributed by atoms with van der Waals surface area (Å²) in [6.07, 6.45) is -0.992. The van der Waals surface area contributed by atoms with Crippen molar-refractivity contribution in [2.45, 2.75) is 13.2 Å². The zero-order chi connectivity index (χ0) is 8.97. The molecule has 0 saturated heterocycles. The van der Waals surface area contributed by atoms with Gasteiger partial charge in [-0.15, -0.1) is 4.52 Å². The van der Waals surface area contributed by atoms with Gasteiger partial charge in [-0.05, 0) is 23.6 Å². The van der Waals surface area contributed by atoms with Crippen molar-refractivity contribution in [2.75, 3.05) is 0 Å². The van der Waals surface area contributed by atoms with E-state index in [4.69, 9.17) is 9.63 Å². The zero-order valence-electron chi connectivity index (χ0n) is 6.68. The number of aliphatic hydroxyl groups excluding tert-OH is 1. The Balaban J connectivity index is 2.66. The van der Waals surface area contributed by atoms with Gasteiger partial charge in [-0.1, -0.05) is 18.2 Å². The fraction of sp³-hybridized carbons (Fsp3) is 0.250. The minimum absolute atomic E-state index is 0.591. The second-order valence-electron chi connectivity index (χ2n) is 2.30. The first-order valence-corrected chi connectivity index (χ1v) is 4.75. The van der Waals surface area contributed by atoms with Crippen LogP contribution >= 0.6 is 8.03 Å². The Bertz CT molecular complexity index is 258. The van der Waals surface area contributed by atoms with Crippen molar-refractivity contribution < 1.29 is 14.2 Å². The first-order valence-electron chi connectivity index (χ1n) is 3.57. The molecule has 1 aromatic carbocycles. The third-order valence-electron chi connectivity index (χ3n) is 1.22. The normalized spacial score (nSPS) is 14.0. The Labute approximate surface area is 71.9 Å². The van der Waals surface area contributed by atoms with E-state index >= 15 is 0 Å². The molecule has 1 rings (SSSR count). The minimum Gasteiger partial charge on any atom is -0.364 e. The van der Waals surface area contributed by atoms with Crippen molar-refractivity contribution in [1.29, 1.82) is 0 Å². The Morgan fingerprint density at radius 2 is 2.00 bits per heavy atom. The molecule has 0 aromatic heterocycles. The summed E-state index contributed by atoms with van der Waals surface area (Å²) in [5.41, 5.74) is 0. The van der Waals surface area contributed by atoms with E-state index in [1.807, 2.05) is 6.07 Å². The molecule has 0 aliphatic heterocycles. The molecule has 2 atom stereocenters. The van der Waals surface area contributed by atoms with Gasteiger partial charge in [-0.2, -0.15) is 0 Å². The number of hydrogen-bond acceptors (Lipinski definition) is 3. The lowest BCUT2D eigenvalue weighted by molar-refractivity contribution is 0.00788. The Kier molecular flexibility index (Phi) is 3.35. The number of benzene rings is 1. The monoisotopic (exact) mass is 185 g/mol. The van der Waals surface area contributed by atoms with Gasteiger partial charge in [0, 0.05) is 0 Å². The van der Waals surface area contributed by atoms with Gasteiger partial charge in [0.1, 0.15) is 0 Å². The molecule has 1 aromatic rings. The quantitative estimate of drug-likeness (QED) is 0.572. The zero-order valence-corrected chi connectivity index (χ0v) is 7.57. The van der Waals surface area contributed by atoms with Crippen LogP contribution in [0.1, 0.15) is 6.92 Å². The van der Waals surface area contributed by atoms with Crippen molar-refractivity contribution in [3.63, 3.8) is 0 Å². The van der Waals surface area contributed by atoms with Gasteiger partial charge in [0.25, 0.3) is 0 Å². The smallest absolute Gasteiger partial charge is 0.364 e. The van der Waals surface area contributed by atoms with Gasteiger partial charge >= 0.3 is 8.03 Å². The summed E-state index contributed by atoms with van der Waals surface area (Å²) in [5.74, 6) is 0. The molecule has 12 heavy (non-hydrogen) atoms. The molecule has 64 valence electrons. The number of hydrogen-bond donors (Lipinski definition) is 1. The second kappa shape index (κ2) is 4.31. The maximum atomic E-state index is 11.2. The molecular formula is C8H10O3P+. The van der Waals surface area contributed by atoms with Crippen LogP contribution in [0.15, 0.2) is 30.3 Å². The third-order valence-corrected chi connectivity index (χ3v) is 2.43. The molecule has 0 saturated carbocycles. The molecule has 0 aliphatic rings. The van der Waals surface area contributed by atoms with Crippen LogP contribution in [0.3, 0.4) is 0 Å². The molecule has 0 amide bonds. The molecule has 0 aliphatic carbocycles. The van der Waals surface area contributed by atoms with E-state index < -0.39 is 14.3 Å². The van der Waals surface area contributed by atoms with Gasteiger partial charge in [-0.3, -0.25) is 0 Å². The SMILES string of the molecule is CC(O)O[P+](=O)c1ccccc1. The van der Waals surface area contributed by atoms with Crippen molar-refractivity contribution in [3.8, 4) is 0 Å². The predicted molar refractivity (Wildman–Crippen MR) is 46.4 cm³/mol. The number of rotatable bonds is 3. The first kappa shape index (κ1) is 9.33. The topological polar surface area (TPSA) is 46.5 Å². The molecule has 4 heteroatoms. The van der Waals surface area contributed by atoms with E-state index in [1.165, 1.54) is 6.92 Å². The van der Waals surface area contributed by atoms with Crippen LogP contribution in [0.4, 0.5) is 0 Å². The molecular weight excluding hydrogens is 175 g/mol. The van der Waals surface area contributed by atoms with Gasteiger partial charge in [-0.25, -0.2) is 0 Å². The van der Waals surface area contributed by atoms with Gasteiger partial charge < -0.3 is 5.11 Å². The van der Waals surface area contributed by atoms with E-state index in [9.17, 15) is 4.57 Å². The minimum atomic E-state index is -1.92. The summed E-state index contributed by atoms with van der Waals surface area (Å²) < 4.78 is 15.9. The summed E-state index contributed by atoms with van der Waals surface area (Å²) in [7, 11) is -1.92. The summed E-state index contributed by atoms with van der Waals surface area (Å²) >= 11 is 0. The maximum Gasteiger partial charge on any atom is 0.551 e. The van der Waals surface area contributed by atoms with Crippen LogP contribution in [0.25, 0.3) is 0 Å². The molecule has 0 radical (unpaired) electrons. The maximum absolute atomic E-state index is 11.2. The van der Waals surface area contributed by atoms with E-state index in [2.05, 4.69) is 0 Å². The summed E-state index contributed by atoms with van der Waals surface area (Å²) in [5, 5.41) is 9.37. The molecule has 0 bridgehead atoms. The Morgan fingerprint density at radius 3 is 2.50 bits per heavy atom. The molecule has 0 fully saturated rings. The Hall–Kier alpha value is -0.760. The van der Waals surface area contributed by atoms with E-state index in [0.29, 0.717) is 5.30 Å². The van der Waals surface area contributed by atoms with Gasteiger partial charge in [0.05, 0.1) is 0 Å². The average molecular weight is 185 g/mol. The van der Waals surface area contributed by atoms with E-state index in [1.54, 1.807) is 24.3 Å². The lowest BCUT2D eigenvalue weighted by Gasteiger charge is -1.91. The highest BCUT2D eigenvalue weighted by Gasteiger charge is 2.23. The van der Waals surface area contributed by atoms with Crippen LogP contribution < -0.4 is 5.30 Å². The van der Waals surface area contributed by atoms with Crippen LogP contribution in [0.5, 0.6) is 0 Å². The molecule has 3 nitrogen and oxygen atoms in total. The van der Waals surface area contributed by atoms with Crippen LogP contribution in [-0.4, -0.2) is 11.4 Å².